The van der Waals surface area contributed by atoms with E-state index in [-0.39, 0.29) is 5.92 Å². The van der Waals surface area contributed by atoms with Gasteiger partial charge >= 0.3 is 0 Å². The number of carbonyl (C=O) groups is 1. The molecule has 2 heterocycles. The summed E-state index contributed by atoms with van der Waals surface area (Å²) in [6.07, 6.45) is 8.49. The summed E-state index contributed by atoms with van der Waals surface area (Å²) < 4.78 is 5.25. The zero-order valence-electron chi connectivity index (χ0n) is 11.3. The highest BCUT2D eigenvalue weighted by atomic mass is 16.5. The average molecular weight is 271 g/mol. The lowest BCUT2D eigenvalue weighted by Gasteiger charge is -2.18. The van der Waals surface area contributed by atoms with Gasteiger partial charge in [-0.1, -0.05) is 17.6 Å². The van der Waals surface area contributed by atoms with Crippen LogP contribution in [0.25, 0.3) is 0 Å². The average Bonchev–Trinajstić information content (AvgIpc) is 2.90. The van der Waals surface area contributed by atoms with Crippen LogP contribution in [0, 0.1) is 5.92 Å². The van der Waals surface area contributed by atoms with Gasteiger partial charge in [0.25, 0.3) is 0 Å². The Morgan fingerprint density at radius 2 is 2.30 bits per heavy atom. The summed E-state index contributed by atoms with van der Waals surface area (Å²) in [6, 6.07) is 3.87. The van der Waals surface area contributed by atoms with Gasteiger partial charge in [-0.25, -0.2) is 0 Å². The molecule has 0 amide bonds. The number of ketones is 1. The van der Waals surface area contributed by atoms with E-state index in [0.29, 0.717) is 36.8 Å². The molecule has 1 aliphatic rings. The largest absolute Gasteiger partial charge is 0.339 e. The quantitative estimate of drug-likeness (QED) is 0.853. The maximum atomic E-state index is 11.8. The molecule has 20 heavy (non-hydrogen) atoms. The standard InChI is InChI=1S/C15H17N3O2/c19-13-6-2-1-5-12(13)9-15-17-14(18-20-15)8-11-4-3-7-16-10-11/h3-4,7,10,12H,1-2,5-6,8-9H2. The number of carbonyl (C=O) groups excluding carboxylic acids is 1. The van der Waals surface area contributed by atoms with Gasteiger partial charge in [0.05, 0.1) is 0 Å². The van der Waals surface area contributed by atoms with Crippen LogP contribution in [-0.2, 0) is 17.6 Å². The van der Waals surface area contributed by atoms with Crippen molar-refractivity contribution in [2.45, 2.75) is 38.5 Å². The molecule has 1 saturated carbocycles. The molecule has 0 bridgehead atoms. The number of Topliss-reactive ketones (excluding diaryl/α,β-unsaturated/α-hetero) is 1. The van der Waals surface area contributed by atoms with E-state index in [4.69, 9.17) is 4.52 Å². The minimum atomic E-state index is 0.0652. The molecule has 5 heteroatoms. The fraction of sp³-hybridized carbons (Fsp3) is 0.467. The van der Waals surface area contributed by atoms with E-state index in [0.717, 1.165) is 24.8 Å². The van der Waals surface area contributed by atoms with Crippen molar-refractivity contribution >= 4 is 5.78 Å². The first kappa shape index (κ1) is 13.0. The van der Waals surface area contributed by atoms with Crippen molar-refractivity contribution in [2.75, 3.05) is 0 Å². The molecule has 0 spiro atoms. The molecule has 0 aliphatic heterocycles. The van der Waals surface area contributed by atoms with Gasteiger partial charge in [-0.15, -0.1) is 0 Å². The van der Waals surface area contributed by atoms with Crippen molar-refractivity contribution in [1.29, 1.82) is 0 Å². The highest BCUT2D eigenvalue weighted by molar-refractivity contribution is 5.81. The van der Waals surface area contributed by atoms with Crippen LogP contribution in [0.5, 0.6) is 0 Å². The minimum Gasteiger partial charge on any atom is -0.339 e. The molecule has 0 N–H and O–H groups in total. The first-order valence-electron chi connectivity index (χ1n) is 7.04. The third-order valence-corrected chi connectivity index (χ3v) is 3.70. The normalized spacial score (nSPS) is 19.2. The molecular formula is C15H17N3O2. The molecule has 2 aromatic heterocycles. The molecule has 1 fully saturated rings. The summed E-state index contributed by atoms with van der Waals surface area (Å²) in [5, 5.41) is 3.98. The summed E-state index contributed by atoms with van der Waals surface area (Å²) in [7, 11) is 0. The topological polar surface area (TPSA) is 68.9 Å². The Bertz CT molecular complexity index is 580. The van der Waals surface area contributed by atoms with Crippen LogP contribution in [0.4, 0.5) is 0 Å². The van der Waals surface area contributed by atoms with Crippen molar-refractivity contribution in [3.63, 3.8) is 0 Å². The lowest BCUT2D eigenvalue weighted by Crippen LogP contribution is -2.21. The Kier molecular flexibility index (Phi) is 3.85. The molecule has 1 atom stereocenters. The van der Waals surface area contributed by atoms with Crippen molar-refractivity contribution in [2.24, 2.45) is 5.92 Å². The summed E-state index contributed by atoms with van der Waals surface area (Å²) in [5.41, 5.74) is 1.05. The molecule has 2 aromatic rings. The maximum absolute atomic E-state index is 11.8. The van der Waals surface area contributed by atoms with Crippen molar-refractivity contribution in [3.05, 3.63) is 41.8 Å². The van der Waals surface area contributed by atoms with Crippen LogP contribution in [0.3, 0.4) is 0 Å². The van der Waals surface area contributed by atoms with E-state index in [2.05, 4.69) is 15.1 Å². The Morgan fingerprint density at radius 3 is 3.10 bits per heavy atom. The maximum Gasteiger partial charge on any atom is 0.227 e. The fourth-order valence-corrected chi connectivity index (χ4v) is 2.61. The van der Waals surface area contributed by atoms with Crippen molar-refractivity contribution in [3.8, 4) is 0 Å². The number of aromatic nitrogens is 3. The van der Waals surface area contributed by atoms with Gasteiger partial charge in [0.15, 0.2) is 5.82 Å². The third-order valence-electron chi connectivity index (χ3n) is 3.70. The Balaban J connectivity index is 1.63. The van der Waals surface area contributed by atoms with Gasteiger partial charge in [0.2, 0.25) is 5.89 Å². The SMILES string of the molecule is O=C1CCCCC1Cc1nc(Cc2cccnc2)no1. The van der Waals surface area contributed by atoms with Gasteiger partial charge in [0, 0.05) is 37.6 Å². The van der Waals surface area contributed by atoms with Crippen LogP contribution >= 0.6 is 0 Å². The van der Waals surface area contributed by atoms with Crippen LogP contribution in [0.2, 0.25) is 0 Å². The second-order valence-electron chi connectivity index (χ2n) is 5.26. The summed E-state index contributed by atoms with van der Waals surface area (Å²) in [4.78, 5) is 20.2. The second kappa shape index (κ2) is 5.94. The van der Waals surface area contributed by atoms with Gasteiger partial charge in [-0.2, -0.15) is 4.98 Å². The number of rotatable bonds is 4. The first-order valence-corrected chi connectivity index (χ1v) is 7.04. The van der Waals surface area contributed by atoms with Crippen molar-refractivity contribution < 1.29 is 9.32 Å². The smallest absolute Gasteiger partial charge is 0.227 e. The number of hydrogen-bond donors (Lipinski definition) is 0. The number of hydrogen-bond acceptors (Lipinski definition) is 5. The molecule has 1 unspecified atom stereocenters. The van der Waals surface area contributed by atoms with Crippen LogP contribution in [0.15, 0.2) is 29.0 Å². The summed E-state index contributed by atoms with van der Waals surface area (Å²) in [6.45, 7) is 0. The van der Waals surface area contributed by atoms with E-state index in [1.807, 2.05) is 12.1 Å². The molecule has 0 radical (unpaired) electrons. The highest BCUT2D eigenvalue weighted by Crippen LogP contribution is 2.23. The molecule has 0 saturated heterocycles. The Labute approximate surface area is 117 Å². The van der Waals surface area contributed by atoms with Gasteiger partial charge < -0.3 is 4.52 Å². The van der Waals surface area contributed by atoms with Gasteiger partial charge in [-0.05, 0) is 24.5 Å². The zero-order chi connectivity index (χ0) is 13.8. The number of pyridine rings is 1. The van der Waals surface area contributed by atoms with Crippen LogP contribution in [-0.4, -0.2) is 20.9 Å². The Morgan fingerprint density at radius 1 is 1.35 bits per heavy atom. The molecule has 1 aliphatic carbocycles. The highest BCUT2D eigenvalue weighted by Gasteiger charge is 2.24. The third kappa shape index (κ3) is 3.10. The fourth-order valence-electron chi connectivity index (χ4n) is 2.61. The van der Waals surface area contributed by atoms with E-state index < -0.39 is 0 Å². The van der Waals surface area contributed by atoms with Gasteiger partial charge in [-0.3, -0.25) is 9.78 Å². The van der Waals surface area contributed by atoms with Gasteiger partial charge in [0.1, 0.15) is 5.78 Å². The molecule has 104 valence electrons. The lowest BCUT2D eigenvalue weighted by molar-refractivity contribution is -0.124. The second-order valence-corrected chi connectivity index (χ2v) is 5.26. The van der Waals surface area contributed by atoms with E-state index in [1.165, 1.54) is 0 Å². The first-order chi connectivity index (χ1) is 9.81. The number of nitrogens with zero attached hydrogens (tertiary/aromatic N) is 3. The molecular weight excluding hydrogens is 254 g/mol. The van der Waals surface area contributed by atoms with Crippen LogP contribution in [0.1, 0.15) is 43.0 Å². The zero-order valence-corrected chi connectivity index (χ0v) is 11.3. The lowest BCUT2D eigenvalue weighted by atomic mass is 9.86. The van der Waals surface area contributed by atoms with Crippen molar-refractivity contribution in [1.82, 2.24) is 15.1 Å². The minimum absolute atomic E-state index is 0.0652. The summed E-state index contributed by atoms with van der Waals surface area (Å²) >= 11 is 0. The molecule has 5 nitrogen and oxygen atoms in total. The van der Waals surface area contributed by atoms with Crippen LogP contribution < -0.4 is 0 Å². The molecule has 3 rings (SSSR count). The Hall–Kier alpha value is -2.04. The predicted molar refractivity (Wildman–Crippen MR) is 72.0 cm³/mol. The van der Waals surface area contributed by atoms with E-state index >= 15 is 0 Å². The monoisotopic (exact) mass is 271 g/mol. The van der Waals surface area contributed by atoms with E-state index in [9.17, 15) is 4.79 Å². The predicted octanol–water partition coefficient (Wildman–Crippen LogP) is 2.36. The molecule has 0 aromatic carbocycles. The van der Waals surface area contributed by atoms with E-state index in [1.54, 1.807) is 12.4 Å². The summed E-state index contributed by atoms with van der Waals surface area (Å²) in [5.74, 6) is 1.62.